The minimum atomic E-state index is 0.210. The highest BCUT2D eigenvalue weighted by Crippen LogP contribution is 2.17. The van der Waals surface area contributed by atoms with Crippen molar-refractivity contribution >= 4 is 5.90 Å². The van der Waals surface area contributed by atoms with Gasteiger partial charge in [0, 0.05) is 23.9 Å². The van der Waals surface area contributed by atoms with Gasteiger partial charge in [0.25, 0.3) is 0 Å². The molecular weight excluding hydrogens is 250 g/mol. The number of nitrogens with one attached hydrogen (secondary N) is 2. The molecule has 1 aliphatic carbocycles. The monoisotopic (exact) mass is 277 g/mol. The molecule has 112 valence electrons. The van der Waals surface area contributed by atoms with E-state index in [0.29, 0.717) is 18.7 Å². The fourth-order valence-electron chi connectivity index (χ4n) is 2.14. The summed E-state index contributed by atoms with van der Waals surface area (Å²) >= 11 is 0. The van der Waals surface area contributed by atoms with Gasteiger partial charge in [-0.3, -0.25) is 5.41 Å². The molecule has 4 nitrogen and oxygen atoms in total. The molecule has 4 N–H and O–H groups in total. The zero-order chi connectivity index (χ0) is 15.0. The lowest BCUT2D eigenvalue weighted by molar-refractivity contribution is 0.335. The summed E-state index contributed by atoms with van der Waals surface area (Å²) in [7, 11) is 0. The zero-order valence-corrected chi connectivity index (χ0v) is 12.6. The molecule has 0 aromatic carbocycles. The van der Waals surface area contributed by atoms with Gasteiger partial charge in [-0.15, -0.1) is 0 Å². The van der Waals surface area contributed by atoms with Crippen LogP contribution in [-0.4, -0.2) is 24.6 Å². The molecule has 1 fully saturated rings. The Morgan fingerprint density at radius 2 is 2.00 bits per heavy atom. The van der Waals surface area contributed by atoms with Crippen molar-refractivity contribution in [2.45, 2.75) is 51.6 Å². The predicted molar refractivity (Wildman–Crippen MR) is 84.8 cm³/mol. The average molecular weight is 277 g/mol. The van der Waals surface area contributed by atoms with Crippen molar-refractivity contribution in [2.75, 3.05) is 6.61 Å². The van der Waals surface area contributed by atoms with Crippen LogP contribution in [-0.2, 0) is 4.74 Å². The summed E-state index contributed by atoms with van der Waals surface area (Å²) in [6.45, 7) is 7.90. The minimum absolute atomic E-state index is 0.210. The van der Waals surface area contributed by atoms with Crippen LogP contribution >= 0.6 is 0 Å². The van der Waals surface area contributed by atoms with Gasteiger partial charge in [0.1, 0.15) is 6.61 Å². The third kappa shape index (κ3) is 6.06. The largest absolute Gasteiger partial charge is 0.473 e. The van der Waals surface area contributed by atoms with Crippen LogP contribution in [0.25, 0.3) is 0 Å². The molecular formula is C16H27N3O. The molecule has 0 aromatic heterocycles. The van der Waals surface area contributed by atoms with E-state index >= 15 is 0 Å². The molecule has 1 rings (SSSR count). The SMILES string of the molecule is C=C/C=C(\C)COC(=N)/C(C)=C\N[C@H]1CC[C@H](N)CC1. The molecule has 1 aliphatic rings. The van der Waals surface area contributed by atoms with Crippen LogP contribution in [0.5, 0.6) is 0 Å². The number of hydrogen-bond donors (Lipinski definition) is 3. The highest BCUT2D eigenvalue weighted by atomic mass is 16.5. The second-order valence-corrected chi connectivity index (χ2v) is 5.47. The van der Waals surface area contributed by atoms with Crippen LogP contribution in [0.4, 0.5) is 0 Å². The molecule has 0 bridgehead atoms. The lowest BCUT2D eigenvalue weighted by atomic mass is 9.92. The van der Waals surface area contributed by atoms with E-state index in [4.69, 9.17) is 15.9 Å². The first kappa shape index (κ1) is 16.5. The summed E-state index contributed by atoms with van der Waals surface area (Å²) in [5.41, 5.74) is 7.74. The summed E-state index contributed by atoms with van der Waals surface area (Å²) in [6.07, 6.45) is 9.83. The molecule has 0 aromatic rings. The lowest BCUT2D eigenvalue weighted by Crippen LogP contribution is -2.35. The Kier molecular flexibility index (Phi) is 7.09. The van der Waals surface area contributed by atoms with Crippen molar-refractivity contribution in [1.29, 1.82) is 5.41 Å². The summed E-state index contributed by atoms with van der Waals surface area (Å²) in [6, 6.07) is 0.833. The fraction of sp³-hybridized carbons (Fsp3) is 0.562. The van der Waals surface area contributed by atoms with E-state index in [9.17, 15) is 0 Å². The van der Waals surface area contributed by atoms with Crippen molar-refractivity contribution in [1.82, 2.24) is 5.32 Å². The van der Waals surface area contributed by atoms with Gasteiger partial charge < -0.3 is 15.8 Å². The summed E-state index contributed by atoms with van der Waals surface area (Å²) in [4.78, 5) is 0. The second kappa shape index (κ2) is 8.59. The average Bonchev–Trinajstić information content (AvgIpc) is 2.44. The third-order valence-corrected chi connectivity index (χ3v) is 3.51. The number of rotatable bonds is 6. The molecule has 1 saturated carbocycles. The Hall–Kier alpha value is -1.55. The van der Waals surface area contributed by atoms with Crippen LogP contribution in [0.15, 0.2) is 36.1 Å². The molecule has 20 heavy (non-hydrogen) atoms. The smallest absolute Gasteiger partial charge is 0.210 e. The van der Waals surface area contributed by atoms with Gasteiger partial charge in [-0.1, -0.05) is 18.7 Å². The number of allylic oxidation sites excluding steroid dienone is 2. The van der Waals surface area contributed by atoms with E-state index in [1.54, 1.807) is 6.08 Å². The van der Waals surface area contributed by atoms with Crippen LogP contribution in [0.2, 0.25) is 0 Å². The predicted octanol–water partition coefficient (Wildman–Crippen LogP) is 2.88. The first-order valence-electron chi connectivity index (χ1n) is 7.21. The highest BCUT2D eigenvalue weighted by molar-refractivity contribution is 5.90. The molecule has 0 amide bonds. The van der Waals surface area contributed by atoms with Crippen LogP contribution in [0.3, 0.4) is 0 Å². The number of ether oxygens (including phenoxy) is 1. The third-order valence-electron chi connectivity index (χ3n) is 3.51. The van der Waals surface area contributed by atoms with Crippen molar-refractivity contribution < 1.29 is 4.74 Å². The van der Waals surface area contributed by atoms with E-state index in [-0.39, 0.29) is 5.90 Å². The fourth-order valence-corrected chi connectivity index (χ4v) is 2.14. The minimum Gasteiger partial charge on any atom is -0.473 e. The maximum Gasteiger partial charge on any atom is 0.210 e. The van der Waals surface area contributed by atoms with Crippen molar-refractivity contribution in [3.05, 3.63) is 36.1 Å². The Balaban J connectivity index is 2.34. The summed E-state index contributed by atoms with van der Waals surface area (Å²) < 4.78 is 5.41. The van der Waals surface area contributed by atoms with Gasteiger partial charge in [-0.25, -0.2) is 0 Å². The van der Waals surface area contributed by atoms with E-state index in [1.165, 1.54) is 0 Å². The first-order valence-corrected chi connectivity index (χ1v) is 7.21. The summed E-state index contributed by atoms with van der Waals surface area (Å²) in [5, 5.41) is 11.2. The maximum atomic E-state index is 7.87. The van der Waals surface area contributed by atoms with Crippen molar-refractivity contribution in [3.8, 4) is 0 Å². The van der Waals surface area contributed by atoms with Gasteiger partial charge in [0.15, 0.2) is 0 Å². The molecule has 0 spiro atoms. The van der Waals surface area contributed by atoms with Gasteiger partial charge in [0.2, 0.25) is 5.90 Å². The van der Waals surface area contributed by atoms with Crippen LogP contribution in [0, 0.1) is 5.41 Å². The normalized spacial score (nSPS) is 24.1. The number of nitrogens with two attached hydrogens (primary N) is 1. The Morgan fingerprint density at radius 1 is 1.35 bits per heavy atom. The zero-order valence-electron chi connectivity index (χ0n) is 12.6. The summed E-state index contributed by atoms with van der Waals surface area (Å²) in [5.74, 6) is 0.210. The first-order chi connectivity index (χ1) is 9.52. The Bertz CT molecular complexity index is 391. The lowest BCUT2D eigenvalue weighted by Gasteiger charge is -2.26. The second-order valence-electron chi connectivity index (χ2n) is 5.47. The molecule has 4 heteroatoms. The number of hydrogen-bond acceptors (Lipinski definition) is 4. The quantitative estimate of drug-likeness (QED) is 0.397. The van der Waals surface area contributed by atoms with Gasteiger partial charge >= 0.3 is 0 Å². The van der Waals surface area contributed by atoms with Gasteiger partial charge in [0.05, 0.1) is 0 Å². The molecule has 0 atom stereocenters. The van der Waals surface area contributed by atoms with Gasteiger partial charge in [-0.2, -0.15) is 0 Å². The Labute approximate surface area is 122 Å². The maximum absolute atomic E-state index is 7.87. The van der Waals surface area contributed by atoms with E-state index in [0.717, 1.165) is 36.8 Å². The molecule has 0 aliphatic heterocycles. The van der Waals surface area contributed by atoms with E-state index < -0.39 is 0 Å². The highest BCUT2D eigenvalue weighted by Gasteiger charge is 2.17. The van der Waals surface area contributed by atoms with Crippen molar-refractivity contribution in [2.24, 2.45) is 5.73 Å². The van der Waals surface area contributed by atoms with Crippen LogP contribution < -0.4 is 11.1 Å². The molecule has 0 radical (unpaired) electrons. The topological polar surface area (TPSA) is 71.1 Å². The molecule has 0 unspecified atom stereocenters. The van der Waals surface area contributed by atoms with E-state index in [1.807, 2.05) is 26.1 Å². The van der Waals surface area contributed by atoms with Gasteiger partial charge in [-0.05, 0) is 45.1 Å². The van der Waals surface area contributed by atoms with E-state index in [2.05, 4.69) is 11.9 Å². The Morgan fingerprint density at radius 3 is 2.60 bits per heavy atom. The molecule has 0 saturated heterocycles. The molecule has 0 heterocycles. The van der Waals surface area contributed by atoms with Crippen molar-refractivity contribution in [3.63, 3.8) is 0 Å². The van der Waals surface area contributed by atoms with Crippen LogP contribution in [0.1, 0.15) is 39.5 Å². The standard InChI is InChI=1S/C16H27N3O/c1-4-5-12(2)11-20-16(18)13(3)10-19-15-8-6-14(17)7-9-15/h4-5,10,14-15,18-19H,1,6-9,11,17H2,2-3H3/b12-5+,13-10-,18-16?/t14-,15-.